The number of nitrogens with one attached hydrogen (secondary N) is 1. The summed E-state index contributed by atoms with van der Waals surface area (Å²) in [5.41, 5.74) is 3.21. The maximum Gasteiger partial charge on any atom is 0.307 e. The number of aromatic nitrogens is 1. The zero-order valence-corrected chi connectivity index (χ0v) is 17.0. The van der Waals surface area contributed by atoms with Crippen LogP contribution in [0.1, 0.15) is 11.1 Å². The van der Waals surface area contributed by atoms with E-state index in [9.17, 15) is 13.2 Å². The number of hydrogen-bond acceptors (Lipinski definition) is 5. The average Bonchev–Trinajstić information content (AvgIpc) is 2.88. The molecule has 2 aromatic carbocycles. The summed E-state index contributed by atoms with van der Waals surface area (Å²) in [4.78, 5) is 11.8. The predicted molar refractivity (Wildman–Crippen MR) is 110 cm³/mol. The van der Waals surface area contributed by atoms with Gasteiger partial charge in [0.1, 0.15) is 0 Å². The monoisotopic (exact) mass is 408 g/mol. The maximum absolute atomic E-state index is 12.4. The molecule has 3 aromatic rings. The van der Waals surface area contributed by atoms with Crippen LogP contribution in [0.15, 0.2) is 52.2 Å². The Labute approximate surface area is 161 Å². The second-order valence-corrected chi connectivity index (χ2v) is 9.86. The number of benzene rings is 2. The number of thiazole rings is 1. The van der Waals surface area contributed by atoms with Crippen LogP contribution in [-0.4, -0.2) is 25.3 Å². The fraction of sp³-hybridized carbons (Fsp3) is 0.278. The van der Waals surface area contributed by atoms with E-state index < -0.39 is 10.0 Å². The molecule has 0 radical (unpaired) electrons. The molecule has 0 aliphatic carbocycles. The van der Waals surface area contributed by atoms with Crippen molar-refractivity contribution in [1.82, 2.24) is 9.29 Å². The number of fused-ring (bicyclic) bond motifs is 1. The summed E-state index contributed by atoms with van der Waals surface area (Å²) < 4.78 is 29.7. The highest BCUT2D eigenvalue weighted by atomic mass is 32.2. The third kappa shape index (κ3) is 4.37. The van der Waals surface area contributed by atoms with Gasteiger partial charge >= 0.3 is 4.87 Å². The van der Waals surface area contributed by atoms with E-state index in [4.69, 9.17) is 0 Å². The topological polar surface area (TPSA) is 68.2 Å². The van der Waals surface area contributed by atoms with Crippen molar-refractivity contribution in [1.29, 1.82) is 0 Å². The molecule has 0 aliphatic rings. The van der Waals surface area contributed by atoms with Crippen molar-refractivity contribution >= 4 is 43.3 Å². The van der Waals surface area contributed by atoms with Gasteiger partial charge in [-0.25, -0.2) is 13.1 Å². The summed E-state index contributed by atoms with van der Waals surface area (Å²) in [6.45, 7) is 2.42. The molecule has 8 heteroatoms. The Balaban J connectivity index is 1.58. The van der Waals surface area contributed by atoms with Crippen LogP contribution in [-0.2, 0) is 22.8 Å². The van der Waals surface area contributed by atoms with Crippen molar-refractivity contribution < 1.29 is 8.42 Å². The Bertz CT molecular complexity index is 1080. The number of hydrogen-bond donors (Lipinski definition) is 1. The summed E-state index contributed by atoms with van der Waals surface area (Å²) >= 11 is 2.74. The Morgan fingerprint density at radius 1 is 1.19 bits per heavy atom. The van der Waals surface area contributed by atoms with Crippen LogP contribution in [0.3, 0.4) is 0 Å². The molecule has 0 spiro atoms. The zero-order valence-electron chi connectivity index (χ0n) is 14.6. The van der Waals surface area contributed by atoms with E-state index in [2.05, 4.69) is 29.8 Å². The third-order valence-corrected chi connectivity index (χ3v) is 7.45. The minimum Gasteiger partial charge on any atom is -0.302 e. The van der Waals surface area contributed by atoms with Gasteiger partial charge < -0.3 is 4.57 Å². The van der Waals surface area contributed by atoms with Gasteiger partial charge in [0.25, 0.3) is 0 Å². The van der Waals surface area contributed by atoms with Crippen molar-refractivity contribution in [3.8, 4) is 0 Å². The minimum atomic E-state index is -3.58. The largest absolute Gasteiger partial charge is 0.307 e. The summed E-state index contributed by atoms with van der Waals surface area (Å²) in [7, 11) is -1.90. The molecule has 1 N–H and O–H groups in total. The van der Waals surface area contributed by atoms with Crippen LogP contribution in [0.4, 0.5) is 0 Å². The average molecular weight is 409 g/mol. The lowest BCUT2D eigenvalue weighted by atomic mass is 10.2. The molecule has 0 unspecified atom stereocenters. The van der Waals surface area contributed by atoms with Crippen LogP contribution in [0.2, 0.25) is 0 Å². The molecule has 0 atom stereocenters. The molecule has 0 saturated carbocycles. The van der Waals surface area contributed by atoms with Crippen molar-refractivity contribution in [3.05, 3.63) is 63.3 Å². The van der Waals surface area contributed by atoms with Gasteiger partial charge in [-0.15, -0.1) is 0 Å². The molecule has 1 heterocycles. The van der Waals surface area contributed by atoms with Gasteiger partial charge in [0.05, 0.1) is 15.1 Å². The van der Waals surface area contributed by atoms with E-state index in [0.29, 0.717) is 17.0 Å². The number of nitrogens with zero attached hydrogens (tertiary/aromatic N) is 1. The van der Waals surface area contributed by atoms with Gasteiger partial charge in [-0.3, -0.25) is 4.79 Å². The first-order valence-electron chi connectivity index (χ1n) is 8.09. The molecule has 138 valence electrons. The summed E-state index contributed by atoms with van der Waals surface area (Å²) in [6.07, 6.45) is 0. The van der Waals surface area contributed by atoms with E-state index >= 15 is 0 Å². The Kier molecular flexibility index (Phi) is 5.86. The van der Waals surface area contributed by atoms with E-state index in [-0.39, 0.29) is 9.77 Å². The lowest BCUT2D eigenvalue weighted by Gasteiger charge is -2.07. The van der Waals surface area contributed by atoms with E-state index in [1.54, 1.807) is 30.9 Å². The second-order valence-electron chi connectivity index (χ2n) is 6.00. The van der Waals surface area contributed by atoms with E-state index in [0.717, 1.165) is 22.6 Å². The first-order chi connectivity index (χ1) is 12.4. The highest BCUT2D eigenvalue weighted by Gasteiger charge is 2.15. The van der Waals surface area contributed by atoms with Crippen LogP contribution < -0.4 is 9.60 Å². The molecule has 5 nitrogen and oxygen atoms in total. The standard InChI is InChI=1S/C18H20N2O3S3/c1-13-4-3-5-14(10-13)12-24-9-8-19-26(22,23)15-6-7-16-17(11-15)25-18(21)20(16)2/h3-7,10-11,19H,8-9,12H2,1-2H3. The lowest BCUT2D eigenvalue weighted by molar-refractivity contribution is 0.584. The number of aryl methyl sites for hydroxylation is 2. The van der Waals surface area contributed by atoms with Crippen molar-refractivity contribution in [2.45, 2.75) is 17.6 Å². The third-order valence-electron chi connectivity index (χ3n) is 3.96. The van der Waals surface area contributed by atoms with Crippen LogP contribution >= 0.6 is 23.1 Å². The number of sulfonamides is 1. The Hall–Kier alpha value is -1.61. The number of thioether (sulfide) groups is 1. The molecule has 1 aromatic heterocycles. The molecule has 0 bridgehead atoms. The Morgan fingerprint density at radius 3 is 2.77 bits per heavy atom. The second kappa shape index (κ2) is 7.96. The van der Waals surface area contributed by atoms with Gasteiger partial charge in [-0.1, -0.05) is 41.2 Å². The molecule has 3 rings (SSSR count). The number of rotatable bonds is 7. The lowest BCUT2D eigenvalue weighted by Crippen LogP contribution is -2.26. The molecule has 0 saturated heterocycles. The van der Waals surface area contributed by atoms with Gasteiger partial charge in [0.15, 0.2) is 0 Å². The fourth-order valence-electron chi connectivity index (χ4n) is 2.60. The predicted octanol–water partition coefficient (Wildman–Crippen LogP) is 3.12. The highest BCUT2D eigenvalue weighted by Crippen LogP contribution is 2.21. The SMILES string of the molecule is Cc1cccc(CSCCNS(=O)(=O)c2ccc3c(c2)sc(=O)n3C)c1. The van der Waals surface area contributed by atoms with Crippen molar-refractivity contribution in [2.75, 3.05) is 12.3 Å². The molecular weight excluding hydrogens is 388 g/mol. The maximum atomic E-state index is 12.4. The molecular formula is C18H20N2O3S3. The van der Waals surface area contributed by atoms with Crippen LogP contribution in [0, 0.1) is 6.92 Å². The van der Waals surface area contributed by atoms with Gasteiger partial charge in [0, 0.05) is 25.1 Å². The smallest absolute Gasteiger partial charge is 0.302 e. The van der Waals surface area contributed by atoms with Gasteiger partial charge in [-0.05, 0) is 30.7 Å². The molecule has 0 aliphatic heterocycles. The van der Waals surface area contributed by atoms with Crippen LogP contribution in [0.25, 0.3) is 10.2 Å². The Morgan fingerprint density at radius 2 is 2.00 bits per heavy atom. The zero-order chi connectivity index (χ0) is 18.7. The summed E-state index contributed by atoms with van der Waals surface area (Å²) in [5.74, 6) is 1.54. The first kappa shape index (κ1) is 19.2. The first-order valence-corrected chi connectivity index (χ1v) is 11.5. The van der Waals surface area contributed by atoms with Crippen molar-refractivity contribution in [2.24, 2.45) is 7.05 Å². The van der Waals surface area contributed by atoms with E-state index in [1.165, 1.54) is 21.8 Å². The highest BCUT2D eigenvalue weighted by molar-refractivity contribution is 7.98. The molecule has 0 amide bonds. The molecule has 0 fully saturated rings. The fourth-order valence-corrected chi connectivity index (χ4v) is 5.59. The van der Waals surface area contributed by atoms with Gasteiger partial charge in [0.2, 0.25) is 10.0 Å². The molecule has 26 heavy (non-hydrogen) atoms. The van der Waals surface area contributed by atoms with Gasteiger partial charge in [-0.2, -0.15) is 11.8 Å². The van der Waals surface area contributed by atoms with E-state index in [1.807, 2.05) is 6.07 Å². The summed E-state index contributed by atoms with van der Waals surface area (Å²) in [6, 6.07) is 13.1. The summed E-state index contributed by atoms with van der Waals surface area (Å²) in [5, 5.41) is 0. The minimum absolute atomic E-state index is 0.102. The van der Waals surface area contributed by atoms with Crippen molar-refractivity contribution in [3.63, 3.8) is 0 Å². The normalized spacial score (nSPS) is 11.9. The van der Waals surface area contributed by atoms with Crippen LogP contribution in [0.5, 0.6) is 0 Å². The quantitative estimate of drug-likeness (QED) is 0.610.